The van der Waals surface area contributed by atoms with Gasteiger partial charge in [0.15, 0.2) is 0 Å². The SMILES string of the molecule is C#CCN1CCN(C(C#N)CC)CC1. The van der Waals surface area contributed by atoms with Gasteiger partial charge in [-0.05, 0) is 6.42 Å². The van der Waals surface area contributed by atoms with Gasteiger partial charge in [0, 0.05) is 26.2 Å². The maximum absolute atomic E-state index is 8.91. The fraction of sp³-hybridized carbons (Fsp3) is 0.727. The Bertz CT molecular complexity index is 240. The molecule has 1 aliphatic rings. The molecule has 0 aromatic rings. The summed E-state index contributed by atoms with van der Waals surface area (Å²) in [5.41, 5.74) is 0. The van der Waals surface area contributed by atoms with Crippen LogP contribution in [0.4, 0.5) is 0 Å². The van der Waals surface area contributed by atoms with Crippen LogP contribution in [0.15, 0.2) is 0 Å². The number of terminal acetylenes is 1. The zero-order valence-electron chi connectivity index (χ0n) is 8.74. The first-order valence-corrected chi connectivity index (χ1v) is 5.11. The molecular weight excluding hydrogens is 174 g/mol. The van der Waals surface area contributed by atoms with Crippen LogP contribution in [-0.2, 0) is 0 Å². The molecule has 1 rings (SSSR count). The van der Waals surface area contributed by atoms with Gasteiger partial charge >= 0.3 is 0 Å². The molecular formula is C11H17N3. The van der Waals surface area contributed by atoms with E-state index in [9.17, 15) is 0 Å². The molecule has 0 aliphatic carbocycles. The molecule has 1 atom stereocenters. The van der Waals surface area contributed by atoms with Gasteiger partial charge in [-0.1, -0.05) is 12.8 Å². The molecule has 1 heterocycles. The molecule has 1 saturated heterocycles. The fourth-order valence-corrected chi connectivity index (χ4v) is 1.79. The number of hydrogen-bond acceptors (Lipinski definition) is 3. The standard InChI is InChI=1S/C11H17N3/c1-3-5-13-6-8-14(9-7-13)11(4-2)10-12/h1,11H,4-9H2,2H3. The number of piperazine rings is 1. The minimum atomic E-state index is 0.0861. The minimum absolute atomic E-state index is 0.0861. The van der Waals surface area contributed by atoms with E-state index in [4.69, 9.17) is 11.7 Å². The maximum atomic E-state index is 8.91. The van der Waals surface area contributed by atoms with E-state index in [1.807, 2.05) is 0 Å². The highest BCUT2D eigenvalue weighted by atomic mass is 15.3. The van der Waals surface area contributed by atoms with Gasteiger partial charge in [0.25, 0.3) is 0 Å². The van der Waals surface area contributed by atoms with E-state index >= 15 is 0 Å². The Morgan fingerprint density at radius 2 is 2.00 bits per heavy atom. The predicted molar refractivity (Wildman–Crippen MR) is 56.5 cm³/mol. The van der Waals surface area contributed by atoms with Crippen LogP contribution in [0.2, 0.25) is 0 Å². The molecule has 0 saturated carbocycles. The van der Waals surface area contributed by atoms with E-state index < -0.39 is 0 Å². The fourth-order valence-electron chi connectivity index (χ4n) is 1.79. The van der Waals surface area contributed by atoms with Gasteiger partial charge < -0.3 is 0 Å². The average molecular weight is 191 g/mol. The van der Waals surface area contributed by atoms with E-state index in [1.165, 1.54) is 0 Å². The number of nitriles is 1. The first-order valence-electron chi connectivity index (χ1n) is 5.11. The van der Waals surface area contributed by atoms with E-state index in [-0.39, 0.29) is 6.04 Å². The lowest BCUT2D eigenvalue weighted by molar-refractivity contribution is 0.122. The Morgan fingerprint density at radius 1 is 1.36 bits per heavy atom. The summed E-state index contributed by atoms with van der Waals surface area (Å²) in [5, 5.41) is 8.91. The van der Waals surface area contributed by atoms with Crippen molar-refractivity contribution in [2.45, 2.75) is 19.4 Å². The summed E-state index contributed by atoms with van der Waals surface area (Å²) < 4.78 is 0. The lowest BCUT2D eigenvalue weighted by Crippen LogP contribution is -2.49. The molecule has 1 fully saturated rings. The molecule has 3 heteroatoms. The maximum Gasteiger partial charge on any atom is 0.0976 e. The second-order valence-corrected chi connectivity index (χ2v) is 3.57. The Labute approximate surface area is 86.3 Å². The van der Waals surface area contributed by atoms with Crippen LogP contribution in [0.1, 0.15) is 13.3 Å². The van der Waals surface area contributed by atoms with Crippen LogP contribution in [0.5, 0.6) is 0 Å². The topological polar surface area (TPSA) is 30.3 Å². The molecule has 1 aliphatic heterocycles. The third kappa shape index (κ3) is 2.73. The molecule has 0 bridgehead atoms. The Morgan fingerprint density at radius 3 is 2.43 bits per heavy atom. The van der Waals surface area contributed by atoms with Gasteiger partial charge in [0.05, 0.1) is 18.7 Å². The molecule has 0 amide bonds. The van der Waals surface area contributed by atoms with E-state index in [0.29, 0.717) is 0 Å². The van der Waals surface area contributed by atoms with Crippen LogP contribution < -0.4 is 0 Å². The van der Waals surface area contributed by atoms with Crippen molar-refractivity contribution in [1.82, 2.24) is 9.80 Å². The monoisotopic (exact) mass is 191 g/mol. The zero-order chi connectivity index (χ0) is 10.4. The lowest BCUT2D eigenvalue weighted by atomic mass is 10.2. The minimum Gasteiger partial charge on any atom is -0.290 e. The van der Waals surface area contributed by atoms with Crippen molar-refractivity contribution in [2.24, 2.45) is 0 Å². The Kier molecular flexibility index (Phi) is 4.46. The molecule has 14 heavy (non-hydrogen) atoms. The quantitative estimate of drug-likeness (QED) is 0.610. The lowest BCUT2D eigenvalue weighted by Gasteiger charge is -2.35. The summed E-state index contributed by atoms with van der Waals surface area (Å²) in [5.74, 6) is 2.65. The molecule has 0 aromatic carbocycles. The van der Waals surface area contributed by atoms with Crippen molar-refractivity contribution in [3.05, 3.63) is 0 Å². The summed E-state index contributed by atoms with van der Waals surface area (Å²) in [7, 11) is 0. The Balaban J connectivity index is 2.36. The molecule has 0 N–H and O–H groups in total. The van der Waals surface area contributed by atoms with E-state index in [0.717, 1.165) is 39.1 Å². The van der Waals surface area contributed by atoms with Crippen molar-refractivity contribution >= 4 is 0 Å². The second-order valence-electron chi connectivity index (χ2n) is 3.57. The summed E-state index contributed by atoms with van der Waals surface area (Å²) in [4.78, 5) is 4.49. The summed E-state index contributed by atoms with van der Waals surface area (Å²) >= 11 is 0. The first-order chi connectivity index (χ1) is 6.81. The van der Waals surface area contributed by atoms with Gasteiger partial charge in [-0.3, -0.25) is 9.80 Å². The normalized spacial score (nSPS) is 21.1. The molecule has 0 aromatic heterocycles. The van der Waals surface area contributed by atoms with Gasteiger partial charge in [0.2, 0.25) is 0 Å². The van der Waals surface area contributed by atoms with E-state index in [1.54, 1.807) is 0 Å². The zero-order valence-corrected chi connectivity index (χ0v) is 8.74. The van der Waals surface area contributed by atoms with Crippen molar-refractivity contribution < 1.29 is 0 Å². The van der Waals surface area contributed by atoms with Crippen LogP contribution >= 0.6 is 0 Å². The first kappa shape index (κ1) is 11.0. The molecule has 76 valence electrons. The summed E-state index contributed by atoms with van der Waals surface area (Å²) in [6.45, 7) is 6.70. The third-order valence-electron chi connectivity index (χ3n) is 2.70. The molecule has 0 spiro atoms. The van der Waals surface area contributed by atoms with Gasteiger partial charge in [-0.25, -0.2) is 0 Å². The van der Waals surface area contributed by atoms with Crippen molar-refractivity contribution in [3.8, 4) is 18.4 Å². The van der Waals surface area contributed by atoms with Crippen LogP contribution in [0.25, 0.3) is 0 Å². The number of rotatable bonds is 3. The van der Waals surface area contributed by atoms with Gasteiger partial charge in [-0.15, -0.1) is 6.42 Å². The van der Waals surface area contributed by atoms with Gasteiger partial charge in [-0.2, -0.15) is 5.26 Å². The van der Waals surface area contributed by atoms with Crippen molar-refractivity contribution in [2.75, 3.05) is 32.7 Å². The highest BCUT2D eigenvalue weighted by molar-refractivity contribution is 4.94. The Hall–Kier alpha value is -1.03. The highest BCUT2D eigenvalue weighted by Gasteiger charge is 2.21. The third-order valence-corrected chi connectivity index (χ3v) is 2.70. The number of hydrogen-bond donors (Lipinski definition) is 0. The predicted octanol–water partition coefficient (Wildman–Crippen LogP) is 0.539. The smallest absolute Gasteiger partial charge is 0.0976 e. The second kappa shape index (κ2) is 5.65. The van der Waals surface area contributed by atoms with Crippen LogP contribution in [0.3, 0.4) is 0 Å². The largest absolute Gasteiger partial charge is 0.290 e. The van der Waals surface area contributed by atoms with Gasteiger partial charge in [0.1, 0.15) is 0 Å². The van der Waals surface area contributed by atoms with Crippen molar-refractivity contribution in [3.63, 3.8) is 0 Å². The number of nitrogens with zero attached hydrogens (tertiary/aromatic N) is 3. The summed E-state index contributed by atoms with van der Waals surface area (Å²) in [6, 6.07) is 2.42. The van der Waals surface area contributed by atoms with Crippen LogP contribution in [0, 0.1) is 23.7 Å². The van der Waals surface area contributed by atoms with Crippen molar-refractivity contribution in [1.29, 1.82) is 5.26 Å². The van der Waals surface area contributed by atoms with Crippen LogP contribution in [-0.4, -0.2) is 48.6 Å². The molecule has 3 nitrogen and oxygen atoms in total. The van der Waals surface area contributed by atoms with E-state index in [2.05, 4.69) is 28.7 Å². The highest BCUT2D eigenvalue weighted by Crippen LogP contribution is 2.07. The summed E-state index contributed by atoms with van der Waals surface area (Å²) in [6.07, 6.45) is 6.16. The molecule has 1 unspecified atom stereocenters. The molecule has 0 radical (unpaired) electrons. The average Bonchev–Trinajstić information content (AvgIpc) is 2.23.